The van der Waals surface area contributed by atoms with E-state index in [9.17, 15) is 24.3 Å². The predicted octanol–water partition coefficient (Wildman–Crippen LogP) is 3.58. The number of carbonyl (C=O) groups excluding carboxylic acids is 4. The number of halogens is 2. The zero-order valence-electron chi connectivity index (χ0n) is 15.0. The van der Waals surface area contributed by atoms with Crippen LogP contribution in [-0.4, -0.2) is 28.5 Å². The number of fused-ring (bicyclic) bond motifs is 1. The summed E-state index contributed by atoms with van der Waals surface area (Å²) in [6.07, 6.45) is 4.53. The molecule has 0 bridgehead atoms. The zero-order chi connectivity index (χ0) is 20.4. The SMILES string of the molecule is CC1(C2CCCC2)Cc2cc(C(=O)C3=C(O)C(=O)NC3=O)c(Cl)c(Cl)c2C1=O. The average molecular weight is 422 g/mol. The van der Waals surface area contributed by atoms with E-state index in [0.717, 1.165) is 25.7 Å². The number of carbonyl (C=O) groups is 4. The van der Waals surface area contributed by atoms with Crippen LogP contribution in [0.4, 0.5) is 0 Å². The molecule has 3 aliphatic rings. The third-order valence-corrected chi connectivity index (χ3v) is 7.09. The van der Waals surface area contributed by atoms with Crippen molar-refractivity contribution in [2.45, 2.75) is 39.0 Å². The van der Waals surface area contributed by atoms with Crippen LogP contribution in [0.25, 0.3) is 0 Å². The molecule has 0 radical (unpaired) electrons. The van der Waals surface area contributed by atoms with Gasteiger partial charge in [0, 0.05) is 16.5 Å². The molecule has 1 unspecified atom stereocenters. The molecular formula is C20H17Cl2NO5. The van der Waals surface area contributed by atoms with Crippen LogP contribution >= 0.6 is 23.2 Å². The minimum atomic E-state index is -1.04. The number of nitrogens with one attached hydrogen (secondary N) is 1. The molecule has 146 valence electrons. The van der Waals surface area contributed by atoms with Crippen LogP contribution in [0.3, 0.4) is 0 Å². The Balaban J connectivity index is 1.80. The molecule has 0 spiro atoms. The van der Waals surface area contributed by atoms with Gasteiger partial charge < -0.3 is 5.11 Å². The number of amides is 2. The Hall–Kier alpha value is -2.18. The highest BCUT2D eigenvalue weighted by atomic mass is 35.5. The Labute approximate surface area is 170 Å². The molecule has 1 atom stereocenters. The normalized spacial score (nSPS) is 24.9. The van der Waals surface area contributed by atoms with Gasteiger partial charge >= 0.3 is 0 Å². The Morgan fingerprint density at radius 2 is 1.79 bits per heavy atom. The molecule has 1 fully saturated rings. The number of imide groups is 1. The van der Waals surface area contributed by atoms with Crippen LogP contribution in [0.5, 0.6) is 0 Å². The van der Waals surface area contributed by atoms with Gasteiger partial charge in [-0.25, -0.2) is 0 Å². The maximum Gasteiger partial charge on any atom is 0.293 e. The number of aliphatic hydroxyl groups excluding tert-OH is 1. The molecule has 2 N–H and O–H groups in total. The van der Waals surface area contributed by atoms with Gasteiger partial charge in [-0.3, -0.25) is 24.5 Å². The van der Waals surface area contributed by atoms with Crippen molar-refractivity contribution in [2.75, 3.05) is 0 Å². The predicted molar refractivity (Wildman–Crippen MR) is 102 cm³/mol. The van der Waals surface area contributed by atoms with Crippen LogP contribution in [-0.2, 0) is 16.0 Å². The first-order valence-corrected chi connectivity index (χ1v) is 9.81. The van der Waals surface area contributed by atoms with Crippen LogP contribution in [0.15, 0.2) is 17.4 Å². The van der Waals surface area contributed by atoms with E-state index < -0.39 is 34.3 Å². The maximum atomic E-state index is 13.2. The summed E-state index contributed by atoms with van der Waals surface area (Å²) in [5.74, 6) is -3.72. The second-order valence-electron chi connectivity index (χ2n) is 7.83. The number of ketones is 2. The highest BCUT2D eigenvalue weighted by Gasteiger charge is 2.49. The molecule has 0 aromatic heterocycles. The van der Waals surface area contributed by atoms with Crippen LogP contribution in [0.1, 0.15) is 58.9 Å². The van der Waals surface area contributed by atoms with Gasteiger partial charge in [-0.2, -0.15) is 0 Å². The van der Waals surface area contributed by atoms with E-state index in [-0.39, 0.29) is 27.3 Å². The lowest BCUT2D eigenvalue weighted by Crippen LogP contribution is -2.32. The summed E-state index contributed by atoms with van der Waals surface area (Å²) in [4.78, 5) is 49.3. The molecule has 1 aliphatic heterocycles. The van der Waals surface area contributed by atoms with Crippen molar-refractivity contribution in [3.05, 3.63) is 44.1 Å². The van der Waals surface area contributed by atoms with E-state index in [0.29, 0.717) is 17.5 Å². The summed E-state index contributed by atoms with van der Waals surface area (Å²) >= 11 is 12.6. The Kier molecular flexibility index (Phi) is 4.39. The minimum absolute atomic E-state index is 0.0286. The first kappa shape index (κ1) is 19.2. The molecule has 6 nitrogen and oxygen atoms in total. The quantitative estimate of drug-likeness (QED) is 0.441. The highest BCUT2D eigenvalue weighted by molar-refractivity contribution is 6.48. The Bertz CT molecular complexity index is 1010. The van der Waals surface area contributed by atoms with Crippen molar-refractivity contribution in [3.63, 3.8) is 0 Å². The molecule has 1 saturated carbocycles. The molecule has 2 amide bonds. The highest BCUT2D eigenvalue weighted by Crippen LogP contribution is 2.51. The fraction of sp³-hybridized carbons (Fsp3) is 0.400. The smallest absolute Gasteiger partial charge is 0.293 e. The standard InChI is InChI=1S/C20H17Cl2NO5/c1-20(9-4-2-3-5-9)7-8-6-10(13(21)14(22)11(8)17(20)26)15(24)12-16(25)19(28)23-18(12)27/h6,9H,2-5,7H2,1H3,(H2,23,25,27,28). The molecule has 1 aromatic rings. The summed E-state index contributed by atoms with van der Waals surface area (Å²) in [7, 11) is 0. The Morgan fingerprint density at radius 3 is 2.36 bits per heavy atom. The summed E-state index contributed by atoms with van der Waals surface area (Å²) < 4.78 is 0. The fourth-order valence-corrected chi connectivity index (χ4v) is 5.22. The second kappa shape index (κ2) is 6.42. The lowest BCUT2D eigenvalue weighted by atomic mass is 9.73. The summed E-state index contributed by atoms with van der Waals surface area (Å²) in [6.45, 7) is 1.93. The van der Waals surface area contributed by atoms with E-state index in [2.05, 4.69) is 0 Å². The third-order valence-electron chi connectivity index (χ3n) is 6.23. The minimum Gasteiger partial charge on any atom is -0.502 e. The monoisotopic (exact) mass is 421 g/mol. The number of benzene rings is 1. The van der Waals surface area contributed by atoms with E-state index in [1.165, 1.54) is 6.07 Å². The third kappa shape index (κ3) is 2.54. The molecule has 1 heterocycles. The zero-order valence-corrected chi connectivity index (χ0v) is 16.5. The van der Waals surface area contributed by atoms with Crippen molar-refractivity contribution in [2.24, 2.45) is 11.3 Å². The van der Waals surface area contributed by atoms with E-state index in [1.807, 2.05) is 12.2 Å². The van der Waals surface area contributed by atoms with Crippen LogP contribution < -0.4 is 5.32 Å². The lowest BCUT2D eigenvalue weighted by Gasteiger charge is -2.29. The lowest BCUT2D eigenvalue weighted by molar-refractivity contribution is -0.125. The second-order valence-corrected chi connectivity index (χ2v) is 8.58. The van der Waals surface area contributed by atoms with E-state index in [1.54, 1.807) is 0 Å². The molecule has 0 saturated heterocycles. The molecule has 8 heteroatoms. The van der Waals surface area contributed by atoms with Gasteiger partial charge in [-0.1, -0.05) is 43.0 Å². The van der Waals surface area contributed by atoms with Crippen molar-refractivity contribution >= 4 is 46.6 Å². The van der Waals surface area contributed by atoms with Crippen molar-refractivity contribution in [1.29, 1.82) is 0 Å². The number of rotatable bonds is 3. The molecule has 1 aromatic carbocycles. The largest absolute Gasteiger partial charge is 0.502 e. The van der Waals surface area contributed by atoms with Crippen LogP contribution in [0.2, 0.25) is 10.0 Å². The van der Waals surface area contributed by atoms with Gasteiger partial charge in [0.25, 0.3) is 11.8 Å². The number of Topliss-reactive ketones (excluding diaryl/α,β-unsaturated/α-hetero) is 2. The van der Waals surface area contributed by atoms with Gasteiger partial charge in [-0.15, -0.1) is 0 Å². The maximum absolute atomic E-state index is 13.2. The van der Waals surface area contributed by atoms with Crippen molar-refractivity contribution in [1.82, 2.24) is 5.32 Å². The summed E-state index contributed by atoms with van der Waals surface area (Å²) in [6, 6.07) is 1.46. The molecule has 28 heavy (non-hydrogen) atoms. The number of aliphatic hydroxyl groups is 1. The van der Waals surface area contributed by atoms with Gasteiger partial charge in [0.2, 0.25) is 5.78 Å². The number of hydrogen-bond donors (Lipinski definition) is 2. The van der Waals surface area contributed by atoms with Gasteiger partial charge in [0.1, 0.15) is 5.57 Å². The van der Waals surface area contributed by atoms with E-state index >= 15 is 0 Å². The Morgan fingerprint density at radius 1 is 1.14 bits per heavy atom. The van der Waals surface area contributed by atoms with Gasteiger partial charge in [-0.05, 0) is 36.8 Å². The van der Waals surface area contributed by atoms with Gasteiger partial charge in [0.05, 0.1) is 10.0 Å². The topological polar surface area (TPSA) is 101 Å². The molecular weight excluding hydrogens is 405 g/mol. The van der Waals surface area contributed by atoms with Crippen molar-refractivity contribution < 1.29 is 24.3 Å². The summed E-state index contributed by atoms with van der Waals surface area (Å²) in [5.41, 5.74) is -0.467. The summed E-state index contributed by atoms with van der Waals surface area (Å²) in [5, 5.41) is 11.4. The average Bonchev–Trinajstić information content (AvgIpc) is 3.32. The first-order chi connectivity index (χ1) is 13.2. The van der Waals surface area contributed by atoms with Crippen molar-refractivity contribution in [3.8, 4) is 0 Å². The van der Waals surface area contributed by atoms with Crippen LogP contribution in [0, 0.1) is 11.3 Å². The fourth-order valence-electron chi connectivity index (χ4n) is 4.67. The van der Waals surface area contributed by atoms with Gasteiger partial charge in [0.15, 0.2) is 11.5 Å². The molecule has 4 rings (SSSR count). The van der Waals surface area contributed by atoms with E-state index in [4.69, 9.17) is 23.2 Å². The first-order valence-electron chi connectivity index (χ1n) is 9.06. The molecule has 2 aliphatic carbocycles. The number of hydrogen-bond acceptors (Lipinski definition) is 5.